The van der Waals surface area contributed by atoms with Crippen LogP contribution in [0.25, 0.3) is 0 Å². The van der Waals surface area contributed by atoms with Gasteiger partial charge in [0.15, 0.2) is 0 Å². The summed E-state index contributed by atoms with van der Waals surface area (Å²) < 4.78 is 0. The lowest BCUT2D eigenvalue weighted by molar-refractivity contribution is -0.128. The molecule has 2 amide bonds. The highest BCUT2D eigenvalue weighted by molar-refractivity contribution is 6.31. The Bertz CT molecular complexity index is 478. The van der Waals surface area contributed by atoms with Crippen LogP contribution in [0.1, 0.15) is 6.42 Å². The van der Waals surface area contributed by atoms with Gasteiger partial charge in [0.1, 0.15) is 12.6 Å². The molecule has 1 aromatic rings. The van der Waals surface area contributed by atoms with Gasteiger partial charge in [0.2, 0.25) is 11.8 Å². The number of anilines is 1. The fraction of sp³-hybridized carbons (Fsp3) is 0.333. The van der Waals surface area contributed by atoms with Crippen molar-refractivity contribution in [2.24, 2.45) is 0 Å². The van der Waals surface area contributed by atoms with Crippen molar-refractivity contribution >= 4 is 29.1 Å². The molecule has 2 N–H and O–H groups in total. The molecule has 18 heavy (non-hydrogen) atoms. The van der Waals surface area contributed by atoms with Crippen LogP contribution in [0.5, 0.6) is 0 Å². The van der Waals surface area contributed by atoms with Gasteiger partial charge in [-0.15, -0.1) is 0 Å². The fourth-order valence-electron chi connectivity index (χ4n) is 1.95. The van der Waals surface area contributed by atoms with Crippen LogP contribution in [0.15, 0.2) is 24.3 Å². The van der Waals surface area contributed by atoms with Gasteiger partial charge < -0.3 is 15.3 Å². The Labute approximate surface area is 109 Å². The van der Waals surface area contributed by atoms with Crippen LogP contribution in [0.2, 0.25) is 5.02 Å². The Morgan fingerprint density at radius 3 is 3.00 bits per heavy atom. The zero-order valence-electron chi connectivity index (χ0n) is 9.60. The number of benzene rings is 1. The van der Waals surface area contributed by atoms with Crippen molar-refractivity contribution in [1.29, 1.82) is 0 Å². The Balaban J connectivity index is 2.09. The van der Waals surface area contributed by atoms with E-state index in [0.717, 1.165) is 0 Å². The molecule has 0 saturated carbocycles. The molecule has 1 fully saturated rings. The van der Waals surface area contributed by atoms with E-state index in [0.29, 0.717) is 23.7 Å². The predicted molar refractivity (Wildman–Crippen MR) is 67.4 cm³/mol. The van der Waals surface area contributed by atoms with Gasteiger partial charge >= 0.3 is 0 Å². The summed E-state index contributed by atoms with van der Waals surface area (Å²) in [5.41, 5.74) is 0.716. The minimum atomic E-state index is -0.610. The monoisotopic (exact) mass is 268 g/mol. The maximum absolute atomic E-state index is 12.1. The number of hydrogen-bond donors (Lipinski definition) is 2. The first-order valence-electron chi connectivity index (χ1n) is 5.59. The van der Waals surface area contributed by atoms with Crippen LogP contribution in [-0.4, -0.2) is 36.1 Å². The van der Waals surface area contributed by atoms with Crippen molar-refractivity contribution < 1.29 is 14.7 Å². The number of halogens is 1. The minimum Gasteiger partial charge on any atom is -0.387 e. The Morgan fingerprint density at radius 1 is 1.56 bits per heavy atom. The van der Waals surface area contributed by atoms with E-state index in [-0.39, 0.29) is 5.91 Å². The minimum absolute atomic E-state index is 0.181. The first kappa shape index (κ1) is 12.9. The van der Waals surface area contributed by atoms with Gasteiger partial charge in [0.05, 0.1) is 0 Å². The summed E-state index contributed by atoms with van der Waals surface area (Å²) in [6.07, 6.45) is 0.525. The molecule has 1 aliphatic heterocycles. The zero-order chi connectivity index (χ0) is 13.1. The number of carbonyl (C=O) groups is 2. The number of hydrogen-bond acceptors (Lipinski definition) is 3. The lowest BCUT2D eigenvalue weighted by atomic mass is 10.2. The molecule has 1 unspecified atom stereocenters. The molecule has 0 bridgehead atoms. The van der Waals surface area contributed by atoms with Crippen molar-refractivity contribution in [2.75, 3.05) is 18.1 Å². The second kappa shape index (κ2) is 5.37. The third-order valence-corrected chi connectivity index (χ3v) is 3.04. The summed E-state index contributed by atoms with van der Waals surface area (Å²) in [6, 6.07) is 6.43. The van der Waals surface area contributed by atoms with E-state index in [1.165, 1.54) is 0 Å². The van der Waals surface area contributed by atoms with Crippen LogP contribution >= 0.6 is 11.6 Å². The molecule has 5 nitrogen and oxygen atoms in total. The summed E-state index contributed by atoms with van der Waals surface area (Å²) in [6.45, 7) is -0.0868. The molecule has 96 valence electrons. The van der Waals surface area contributed by atoms with Gasteiger partial charge in [-0.25, -0.2) is 0 Å². The summed E-state index contributed by atoms with van der Waals surface area (Å²) in [5, 5.41) is 11.7. The number of nitrogens with one attached hydrogen (secondary N) is 1. The molecular weight excluding hydrogens is 256 g/mol. The quantitative estimate of drug-likeness (QED) is 0.841. The lowest BCUT2D eigenvalue weighted by Crippen LogP contribution is -2.42. The molecule has 0 spiro atoms. The molecule has 0 radical (unpaired) electrons. The maximum atomic E-state index is 12.1. The predicted octanol–water partition coefficient (Wildman–Crippen LogP) is 0.554. The number of rotatable bonds is 3. The van der Waals surface area contributed by atoms with Crippen molar-refractivity contribution in [2.45, 2.75) is 12.5 Å². The van der Waals surface area contributed by atoms with Crippen LogP contribution < -0.4 is 10.2 Å². The van der Waals surface area contributed by atoms with Crippen LogP contribution in [0, 0.1) is 0 Å². The van der Waals surface area contributed by atoms with Gasteiger partial charge in [-0.05, 0) is 24.6 Å². The van der Waals surface area contributed by atoms with E-state index in [4.69, 9.17) is 16.7 Å². The summed E-state index contributed by atoms with van der Waals surface area (Å²) in [7, 11) is 0. The molecule has 1 heterocycles. The van der Waals surface area contributed by atoms with Gasteiger partial charge in [-0.1, -0.05) is 17.7 Å². The summed E-state index contributed by atoms with van der Waals surface area (Å²) in [4.78, 5) is 24.7. The summed E-state index contributed by atoms with van der Waals surface area (Å²) >= 11 is 5.87. The van der Waals surface area contributed by atoms with Crippen LogP contribution in [0.4, 0.5) is 5.69 Å². The second-order valence-corrected chi connectivity index (χ2v) is 4.47. The van der Waals surface area contributed by atoms with Gasteiger partial charge in [-0.3, -0.25) is 9.59 Å². The first-order chi connectivity index (χ1) is 8.61. The van der Waals surface area contributed by atoms with Crippen molar-refractivity contribution in [1.82, 2.24) is 5.32 Å². The largest absolute Gasteiger partial charge is 0.387 e. The van der Waals surface area contributed by atoms with E-state index in [1.807, 2.05) is 0 Å². The van der Waals surface area contributed by atoms with Gasteiger partial charge in [0.25, 0.3) is 0 Å². The third kappa shape index (κ3) is 2.63. The highest BCUT2D eigenvalue weighted by Gasteiger charge is 2.33. The molecular formula is C12H13ClN2O3. The Hall–Kier alpha value is -1.59. The van der Waals surface area contributed by atoms with E-state index >= 15 is 0 Å². The first-order valence-corrected chi connectivity index (χ1v) is 5.97. The standard InChI is InChI=1S/C12H13ClN2O3/c13-8-2-1-3-9(6-8)15-5-4-10(12(15)18)14-11(17)7-16/h1-3,6,10,16H,4-5,7H2,(H,14,17). The van der Waals surface area contributed by atoms with Gasteiger partial charge in [-0.2, -0.15) is 0 Å². The van der Waals surface area contributed by atoms with E-state index in [2.05, 4.69) is 5.32 Å². The number of amides is 2. The second-order valence-electron chi connectivity index (χ2n) is 4.04. The third-order valence-electron chi connectivity index (χ3n) is 2.80. The highest BCUT2D eigenvalue weighted by atomic mass is 35.5. The fourth-order valence-corrected chi connectivity index (χ4v) is 2.14. The van der Waals surface area contributed by atoms with Crippen molar-refractivity contribution in [3.8, 4) is 0 Å². The molecule has 0 aliphatic carbocycles. The van der Waals surface area contributed by atoms with Gasteiger partial charge in [0, 0.05) is 17.3 Å². The molecule has 2 rings (SSSR count). The van der Waals surface area contributed by atoms with E-state index in [9.17, 15) is 9.59 Å². The average molecular weight is 269 g/mol. The maximum Gasteiger partial charge on any atom is 0.249 e. The van der Waals surface area contributed by atoms with Crippen molar-refractivity contribution in [3.63, 3.8) is 0 Å². The number of aliphatic hydroxyl groups excluding tert-OH is 1. The highest BCUT2D eigenvalue weighted by Crippen LogP contribution is 2.24. The van der Waals surface area contributed by atoms with E-state index < -0.39 is 18.6 Å². The molecule has 1 atom stereocenters. The normalized spacial score (nSPS) is 19.1. The molecule has 1 aromatic carbocycles. The Kier molecular flexibility index (Phi) is 3.84. The molecule has 1 aliphatic rings. The smallest absolute Gasteiger partial charge is 0.249 e. The number of nitrogens with zero attached hydrogens (tertiary/aromatic N) is 1. The lowest BCUT2D eigenvalue weighted by Gasteiger charge is -2.17. The van der Waals surface area contributed by atoms with E-state index in [1.54, 1.807) is 29.2 Å². The van der Waals surface area contributed by atoms with Crippen molar-refractivity contribution in [3.05, 3.63) is 29.3 Å². The van der Waals surface area contributed by atoms with Crippen LogP contribution in [0.3, 0.4) is 0 Å². The molecule has 1 saturated heterocycles. The summed E-state index contributed by atoms with van der Waals surface area (Å²) in [5.74, 6) is -0.722. The molecule has 0 aromatic heterocycles. The zero-order valence-corrected chi connectivity index (χ0v) is 10.4. The Morgan fingerprint density at radius 2 is 2.33 bits per heavy atom. The topological polar surface area (TPSA) is 69.6 Å². The SMILES string of the molecule is O=C(CO)NC1CCN(c2cccc(Cl)c2)C1=O. The van der Waals surface area contributed by atoms with Crippen LogP contribution in [-0.2, 0) is 9.59 Å². The average Bonchev–Trinajstić information content (AvgIpc) is 2.71. The number of aliphatic hydroxyl groups is 1. The number of carbonyl (C=O) groups excluding carboxylic acids is 2. The molecule has 6 heteroatoms.